The molecule has 0 saturated heterocycles. The molecule has 104 valence electrons. The van der Waals surface area contributed by atoms with Crippen molar-refractivity contribution in [1.29, 1.82) is 0 Å². The van der Waals surface area contributed by atoms with Crippen LogP contribution in [0.2, 0.25) is 0 Å². The molecule has 0 aliphatic rings. The first-order valence-corrected chi connectivity index (χ1v) is 6.80. The van der Waals surface area contributed by atoms with Gasteiger partial charge in [0.15, 0.2) is 0 Å². The summed E-state index contributed by atoms with van der Waals surface area (Å²) in [6, 6.07) is 8.03. The molecule has 6 heteroatoms. The minimum Gasteiger partial charge on any atom is -0.465 e. The van der Waals surface area contributed by atoms with Crippen LogP contribution in [0, 0.1) is 5.82 Å². The van der Waals surface area contributed by atoms with E-state index in [0.29, 0.717) is 11.6 Å². The molecular weight excluding hydrogens is 279 g/mol. The van der Waals surface area contributed by atoms with Crippen LogP contribution in [-0.4, -0.2) is 18.1 Å². The van der Waals surface area contributed by atoms with Crippen LogP contribution in [0.5, 0.6) is 0 Å². The van der Waals surface area contributed by atoms with Crippen molar-refractivity contribution in [2.75, 3.05) is 12.8 Å². The van der Waals surface area contributed by atoms with Gasteiger partial charge in [-0.2, -0.15) is 0 Å². The van der Waals surface area contributed by atoms with E-state index < -0.39 is 11.8 Å². The van der Waals surface area contributed by atoms with Crippen LogP contribution in [0.4, 0.5) is 10.2 Å². The second-order valence-electron chi connectivity index (χ2n) is 4.01. The van der Waals surface area contributed by atoms with Crippen LogP contribution >= 0.6 is 11.8 Å². The molecule has 0 atom stereocenters. The highest BCUT2D eigenvalue weighted by Crippen LogP contribution is 2.23. The van der Waals surface area contributed by atoms with E-state index in [1.54, 1.807) is 18.3 Å². The van der Waals surface area contributed by atoms with Crippen LogP contribution < -0.4 is 5.73 Å². The van der Waals surface area contributed by atoms with Crippen LogP contribution in [0.1, 0.15) is 15.9 Å². The summed E-state index contributed by atoms with van der Waals surface area (Å²) in [7, 11) is 1.22. The van der Waals surface area contributed by atoms with Crippen molar-refractivity contribution in [2.45, 2.75) is 10.6 Å². The minimum atomic E-state index is -0.676. The molecule has 0 aliphatic carbocycles. The number of benzene rings is 1. The van der Waals surface area contributed by atoms with Crippen molar-refractivity contribution >= 4 is 23.5 Å². The largest absolute Gasteiger partial charge is 0.465 e. The van der Waals surface area contributed by atoms with Crippen LogP contribution in [0.25, 0.3) is 0 Å². The zero-order valence-electron chi connectivity index (χ0n) is 10.8. The van der Waals surface area contributed by atoms with Gasteiger partial charge in [0.05, 0.1) is 12.7 Å². The molecule has 0 radical (unpaired) electrons. The van der Waals surface area contributed by atoms with Crippen molar-refractivity contribution in [3.63, 3.8) is 0 Å². The molecule has 1 aromatic heterocycles. The maximum atomic E-state index is 13.7. The molecule has 4 nitrogen and oxygen atoms in total. The number of halogens is 1. The predicted molar refractivity (Wildman–Crippen MR) is 75.9 cm³/mol. The molecule has 0 amide bonds. The van der Waals surface area contributed by atoms with E-state index in [9.17, 15) is 9.18 Å². The van der Waals surface area contributed by atoms with E-state index >= 15 is 0 Å². The smallest absolute Gasteiger partial charge is 0.340 e. The van der Waals surface area contributed by atoms with Crippen LogP contribution in [-0.2, 0) is 10.5 Å². The lowest BCUT2D eigenvalue weighted by Gasteiger charge is -2.05. The van der Waals surface area contributed by atoms with Gasteiger partial charge in [-0.3, -0.25) is 0 Å². The number of carbonyl (C=O) groups is 1. The molecule has 0 saturated carbocycles. The third-order valence-corrected chi connectivity index (χ3v) is 3.66. The molecule has 1 aromatic carbocycles. The third-order valence-electron chi connectivity index (χ3n) is 2.60. The van der Waals surface area contributed by atoms with Gasteiger partial charge in [0.2, 0.25) is 0 Å². The zero-order chi connectivity index (χ0) is 14.5. The van der Waals surface area contributed by atoms with Crippen molar-refractivity contribution in [1.82, 2.24) is 4.98 Å². The quantitative estimate of drug-likeness (QED) is 0.693. The molecule has 0 spiro atoms. The average molecular weight is 292 g/mol. The number of ether oxygens (including phenoxy) is 1. The van der Waals surface area contributed by atoms with Gasteiger partial charge in [-0.05, 0) is 29.8 Å². The predicted octanol–water partition coefficient (Wildman–Crippen LogP) is 2.88. The summed E-state index contributed by atoms with van der Waals surface area (Å²) in [5.41, 5.74) is 6.21. The summed E-state index contributed by atoms with van der Waals surface area (Å²) in [5, 5.41) is 0. The van der Waals surface area contributed by atoms with Gasteiger partial charge in [-0.25, -0.2) is 14.2 Å². The monoisotopic (exact) mass is 292 g/mol. The van der Waals surface area contributed by atoms with Gasteiger partial charge >= 0.3 is 5.97 Å². The number of anilines is 1. The second-order valence-corrected chi connectivity index (χ2v) is 5.06. The Kier molecular flexibility index (Phi) is 4.57. The Morgan fingerprint density at radius 2 is 2.20 bits per heavy atom. The summed E-state index contributed by atoms with van der Waals surface area (Å²) in [6.07, 6.45) is 1.67. The lowest BCUT2D eigenvalue weighted by molar-refractivity contribution is 0.0595. The Morgan fingerprint density at radius 1 is 1.40 bits per heavy atom. The summed E-state index contributed by atoms with van der Waals surface area (Å²) >= 11 is 1.51. The summed E-state index contributed by atoms with van der Waals surface area (Å²) in [5.74, 6) is -0.220. The average Bonchev–Trinajstić information content (AvgIpc) is 2.46. The van der Waals surface area contributed by atoms with Gasteiger partial charge < -0.3 is 10.5 Å². The van der Waals surface area contributed by atoms with E-state index in [0.717, 1.165) is 10.5 Å². The number of thioether (sulfide) groups is 1. The number of nitrogen functional groups attached to an aromatic ring is 1. The lowest BCUT2D eigenvalue weighted by atomic mass is 10.1. The summed E-state index contributed by atoms with van der Waals surface area (Å²) in [4.78, 5) is 16.2. The Morgan fingerprint density at radius 3 is 2.80 bits per heavy atom. The number of pyridine rings is 1. The number of nitrogens with zero attached hydrogens (tertiary/aromatic N) is 1. The van der Waals surface area contributed by atoms with Gasteiger partial charge in [0.25, 0.3) is 0 Å². The molecule has 2 aromatic rings. The number of hydrogen-bond acceptors (Lipinski definition) is 5. The van der Waals surface area contributed by atoms with Gasteiger partial charge in [-0.1, -0.05) is 6.07 Å². The fourth-order valence-corrected chi connectivity index (χ4v) is 2.37. The topological polar surface area (TPSA) is 65.2 Å². The molecule has 2 N–H and O–H groups in total. The minimum absolute atomic E-state index is 0.0598. The Bertz CT molecular complexity index is 617. The van der Waals surface area contributed by atoms with Crippen molar-refractivity contribution in [2.24, 2.45) is 0 Å². The molecule has 0 aliphatic heterocycles. The third kappa shape index (κ3) is 3.48. The highest BCUT2D eigenvalue weighted by atomic mass is 32.2. The van der Waals surface area contributed by atoms with Gasteiger partial charge in [-0.15, -0.1) is 11.8 Å². The van der Waals surface area contributed by atoms with Gasteiger partial charge in [0, 0.05) is 16.8 Å². The van der Waals surface area contributed by atoms with Crippen molar-refractivity contribution in [3.8, 4) is 0 Å². The SMILES string of the molecule is COC(=O)c1ccc(CSc2ccc(N)nc2)cc1F. The fourth-order valence-electron chi connectivity index (χ4n) is 1.57. The molecule has 1 heterocycles. The molecule has 20 heavy (non-hydrogen) atoms. The first kappa shape index (κ1) is 14.3. The van der Waals surface area contributed by atoms with Crippen molar-refractivity contribution in [3.05, 3.63) is 53.5 Å². The molecule has 0 fully saturated rings. The van der Waals surface area contributed by atoms with E-state index in [2.05, 4.69) is 9.72 Å². The van der Waals surface area contributed by atoms with E-state index in [-0.39, 0.29) is 5.56 Å². The number of aromatic nitrogens is 1. The number of rotatable bonds is 4. The Hall–Kier alpha value is -2.08. The molecule has 0 unspecified atom stereocenters. The maximum Gasteiger partial charge on any atom is 0.340 e. The number of nitrogens with two attached hydrogens (primary N) is 1. The van der Waals surface area contributed by atoms with Crippen LogP contribution in [0.15, 0.2) is 41.4 Å². The number of hydrogen-bond donors (Lipinski definition) is 1. The first-order valence-electron chi connectivity index (χ1n) is 5.81. The summed E-state index contributed by atoms with van der Waals surface area (Å²) < 4.78 is 18.2. The van der Waals surface area contributed by atoms with E-state index in [4.69, 9.17) is 5.73 Å². The number of carbonyl (C=O) groups excluding carboxylic acids is 1. The van der Waals surface area contributed by atoms with Crippen LogP contribution in [0.3, 0.4) is 0 Å². The highest BCUT2D eigenvalue weighted by molar-refractivity contribution is 7.98. The maximum absolute atomic E-state index is 13.7. The van der Waals surface area contributed by atoms with Gasteiger partial charge in [0.1, 0.15) is 11.6 Å². The standard InChI is InChI=1S/C14H13FN2O2S/c1-19-14(18)11-4-2-9(6-12(11)15)8-20-10-3-5-13(16)17-7-10/h2-7H,8H2,1H3,(H2,16,17). The second kappa shape index (κ2) is 6.38. The normalized spacial score (nSPS) is 10.3. The Labute approximate surface area is 120 Å². The lowest BCUT2D eigenvalue weighted by Crippen LogP contribution is -2.04. The zero-order valence-corrected chi connectivity index (χ0v) is 11.6. The van der Waals surface area contributed by atoms with E-state index in [1.165, 1.54) is 31.0 Å². The molecule has 2 rings (SSSR count). The Balaban J connectivity index is 2.05. The number of esters is 1. The molecular formula is C14H13FN2O2S. The van der Waals surface area contributed by atoms with Crippen molar-refractivity contribution < 1.29 is 13.9 Å². The van der Waals surface area contributed by atoms with E-state index in [1.807, 2.05) is 6.07 Å². The number of methoxy groups -OCH3 is 1. The fraction of sp³-hybridized carbons (Fsp3) is 0.143. The molecule has 0 bridgehead atoms. The highest BCUT2D eigenvalue weighted by Gasteiger charge is 2.12. The summed E-state index contributed by atoms with van der Waals surface area (Å²) in [6.45, 7) is 0. The first-order chi connectivity index (χ1) is 9.60.